The number of amides is 1. The van der Waals surface area contributed by atoms with Crippen molar-refractivity contribution in [2.24, 2.45) is 0 Å². The summed E-state index contributed by atoms with van der Waals surface area (Å²) in [5.74, 6) is 0.0284. The second kappa shape index (κ2) is 5.80. The molecule has 0 aliphatic carbocycles. The van der Waals surface area contributed by atoms with Crippen molar-refractivity contribution in [1.29, 1.82) is 0 Å². The fourth-order valence-corrected chi connectivity index (χ4v) is 2.51. The Kier molecular flexibility index (Phi) is 4.36. The Bertz CT molecular complexity index is 258. The first kappa shape index (κ1) is 12.8. The number of nitrogens with one attached hydrogen (secondary N) is 2. The first-order chi connectivity index (χ1) is 8.26. The minimum absolute atomic E-state index is 0.00514. The molecule has 2 aliphatic rings. The third kappa shape index (κ3) is 3.18. The molecule has 5 nitrogen and oxygen atoms in total. The average Bonchev–Trinajstić information content (AvgIpc) is 2.41. The van der Waals surface area contributed by atoms with Gasteiger partial charge in [-0.15, -0.1) is 0 Å². The normalized spacial score (nSPS) is 28.6. The second-order valence-electron chi connectivity index (χ2n) is 5.04. The highest BCUT2D eigenvalue weighted by Gasteiger charge is 2.35. The largest absolute Gasteiger partial charge is 0.394 e. The molecule has 98 valence electrons. The first-order valence-electron chi connectivity index (χ1n) is 6.50. The standard InChI is InChI=1S/C12H22N2O3/c15-9-12(4-7-17-8-5-12)14-11(16)10-3-1-2-6-13-10/h10,13,15H,1-9H2,(H,14,16)/t10-/m0/s1. The molecule has 2 saturated heterocycles. The maximum atomic E-state index is 12.1. The summed E-state index contributed by atoms with van der Waals surface area (Å²) in [6.45, 7) is 2.13. The summed E-state index contributed by atoms with van der Waals surface area (Å²) in [7, 11) is 0. The minimum Gasteiger partial charge on any atom is -0.394 e. The predicted octanol–water partition coefficient (Wildman–Crippen LogP) is -0.214. The molecular weight excluding hydrogens is 220 g/mol. The molecule has 17 heavy (non-hydrogen) atoms. The molecule has 2 fully saturated rings. The van der Waals surface area contributed by atoms with Gasteiger partial charge in [-0.1, -0.05) is 6.42 Å². The van der Waals surface area contributed by atoms with Gasteiger partial charge in [-0.25, -0.2) is 0 Å². The molecule has 0 saturated carbocycles. The van der Waals surface area contributed by atoms with Crippen molar-refractivity contribution in [2.45, 2.75) is 43.7 Å². The van der Waals surface area contributed by atoms with Crippen LogP contribution in [0.25, 0.3) is 0 Å². The van der Waals surface area contributed by atoms with Crippen LogP contribution < -0.4 is 10.6 Å². The molecule has 2 rings (SSSR count). The minimum atomic E-state index is -0.464. The van der Waals surface area contributed by atoms with E-state index in [1.807, 2.05) is 0 Å². The summed E-state index contributed by atoms with van der Waals surface area (Å²) in [4.78, 5) is 12.1. The van der Waals surface area contributed by atoms with Crippen molar-refractivity contribution >= 4 is 5.91 Å². The van der Waals surface area contributed by atoms with E-state index in [0.717, 1.165) is 25.8 Å². The van der Waals surface area contributed by atoms with Crippen LogP contribution in [0.15, 0.2) is 0 Å². The number of carbonyl (C=O) groups excluding carboxylic acids is 1. The molecule has 0 radical (unpaired) electrons. The molecule has 0 spiro atoms. The van der Waals surface area contributed by atoms with Crippen LogP contribution >= 0.6 is 0 Å². The second-order valence-corrected chi connectivity index (χ2v) is 5.04. The van der Waals surface area contributed by atoms with Gasteiger partial charge in [-0.3, -0.25) is 4.79 Å². The fraction of sp³-hybridized carbons (Fsp3) is 0.917. The lowest BCUT2D eigenvalue weighted by Gasteiger charge is -2.38. The van der Waals surface area contributed by atoms with E-state index in [1.165, 1.54) is 0 Å². The molecule has 1 atom stereocenters. The third-order valence-corrected chi connectivity index (χ3v) is 3.77. The highest BCUT2D eigenvalue weighted by Crippen LogP contribution is 2.20. The Morgan fingerprint density at radius 1 is 1.41 bits per heavy atom. The van der Waals surface area contributed by atoms with Crippen LogP contribution in [0.5, 0.6) is 0 Å². The Hall–Kier alpha value is -0.650. The summed E-state index contributed by atoms with van der Waals surface area (Å²) in [6, 6.07) is -0.0879. The third-order valence-electron chi connectivity index (χ3n) is 3.77. The zero-order valence-corrected chi connectivity index (χ0v) is 10.2. The van der Waals surface area contributed by atoms with Crippen LogP contribution in [0.4, 0.5) is 0 Å². The number of piperidine rings is 1. The van der Waals surface area contributed by atoms with Gasteiger partial charge in [0.05, 0.1) is 18.2 Å². The van der Waals surface area contributed by atoms with Gasteiger partial charge in [0.2, 0.25) is 5.91 Å². The predicted molar refractivity (Wildman–Crippen MR) is 63.7 cm³/mol. The van der Waals surface area contributed by atoms with E-state index in [2.05, 4.69) is 10.6 Å². The van der Waals surface area contributed by atoms with Crippen molar-refractivity contribution < 1.29 is 14.6 Å². The molecule has 0 unspecified atom stereocenters. The van der Waals surface area contributed by atoms with E-state index in [0.29, 0.717) is 26.1 Å². The highest BCUT2D eigenvalue weighted by atomic mass is 16.5. The van der Waals surface area contributed by atoms with Gasteiger partial charge in [0.1, 0.15) is 0 Å². The Morgan fingerprint density at radius 3 is 2.76 bits per heavy atom. The zero-order chi connectivity index (χ0) is 12.1. The van der Waals surface area contributed by atoms with Gasteiger partial charge in [0.15, 0.2) is 0 Å². The van der Waals surface area contributed by atoms with E-state index in [1.54, 1.807) is 0 Å². The van der Waals surface area contributed by atoms with Crippen molar-refractivity contribution in [3.8, 4) is 0 Å². The molecule has 0 aromatic carbocycles. The fourth-order valence-electron chi connectivity index (χ4n) is 2.51. The van der Waals surface area contributed by atoms with E-state index in [-0.39, 0.29) is 18.6 Å². The van der Waals surface area contributed by atoms with Gasteiger partial charge in [-0.2, -0.15) is 0 Å². The van der Waals surface area contributed by atoms with Crippen LogP contribution in [0, 0.1) is 0 Å². The molecule has 2 heterocycles. The Balaban J connectivity index is 1.90. The number of rotatable bonds is 3. The number of aliphatic hydroxyl groups excluding tert-OH is 1. The highest BCUT2D eigenvalue weighted by molar-refractivity contribution is 5.82. The lowest BCUT2D eigenvalue weighted by atomic mass is 9.90. The Labute approximate surface area is 102 Å². The van der Waals surface area contributed by atoms with Gasteiger partial charge >= 0.3 is 0 Å². The summed E-state index contributed by atoms with van der Waals surface area (Å²) in [5.41, 5.74) is -0.464. The number of ether oxygens (including phenoxy) is 1. The zero-order valence-electron chi connectivity index (χ0n) is 10.2. The molecule has 5 heteroatoms. The number of aliphatic hydroxyl groups is 1. The topological polar surface area (TPSA) is 70.6 Å². The number of hydrogen-bond donors (Lipinski definition) is 3. The van der Waals surface area contributed by atoms with Gasteiger partial charge in [-0.05, 0) is 32.2 Å². The van der Waals surface area contributed by atoms with Crippen molar-refractivity contribution in [3.63, 3.8) is 0 Å². The number of carbonyl (C=O) groups is 1. The molecule has 0 aromatic heterocycles. The molecule has 1 amide bonds. The summed E-state index contributed by atoms with van der Waals surface area (Å²) in [6.07, 6.45) is 4.52. The summed E-state index contributed by atoms with van der Waals surface area (Å²) >= 11 is 0. The van der Waals surface area contributed by atoms with E-state index in [4.69, 9.17) is 4.74 Å². The lowest BCUT2D eigenvalue weighted by molar-refractivity contribution is -0.127. The summed E-state index contributed by atoms with van der Waals surface area (Å²) in [5, 5.41) is 15.7. The van der Waals surface area contributed by atoms with Crippen LogP contribution in [-0.4, -0.2) is 49.0 Å². The average molecular weight is 242 g/mol. The molecule has 0 aromatic rings. The molecular formula is C12H22N2O3. The molecule has 2 aliphatic heterocycles. The summed E-state index contributed by atoms with van der Waals surface area (Å²) < 4.78 is 5.28. The SMILES string of the molecule is O=C(NC1(CO)CCOCC1)[C@@H]1CCCCN1. The van der Waals surface area contributed by atoms with Gasteiger partial charge in [0, 0.05) is 13.2 Å². The monoisotopic (exact) mass is 242 g/mol. The number of hydrogen-bond acceptors (Lipinski definition) is 4. The van der Waals surface area contributed by atoms with E-state index >= 15 is 0 Å². The van der Waals surface area contributed by atoms with Crippen LogP contribution in [-0.2, 0) is 9.53 Å². The van der Waals surface area contributed by atoms with Gasteiger partial charge in [0.25, 0.3) is 0 Å². The van der Waals surface area contributed by atoms with E-state index < -0.39 is 5.54 Å². The van der Waals surface area contributed by atoms with Crippen molar-refractivity contribution in [3.05, 3.63) is 0 Å². The van der Waals surface area contributed by atoms with Gasteiger partial charge < -0.3 is 20.5 Å². The van der Waals surface area contributed by atoms with Crippen LogP contribution in [0.3, 0.4) is 0 Å². The smallest absolute Gasteiger partial charge is 0.237 e. The van der Waals surface area contributed by atoms with Crippen molar-refractivity contribution in [2.75, 3.05) is 26.4 Å². The molecule has 0 bridgehead atoms. The first-order valence-corrected chi connectivity index (χ1v) is 6.50. The van der Waals surface area contributed by atoms with Crippen molar-refractivity contribution in [1.82, 2.24) is 10.6 Å². The maximum Gasteiger partial charge on any atom is 0.237 e. The molecule has 3 N–H and O–H groups in total. The Morgan fingerprint density at radius 2 is 2.18 bits per heavy atom. The quantitative estimate of drug-likeness (QED) is 0.640. The van der Waals surface area contributed by atoms with E-state index in [9.17, 15) is 9.90 Å². The van der Waals surface area contributed by atoms with Crippen LogP contribution in [0.2, 0.25) is 0 Å². The van der Waals surface area contributed by atoms with Crippen LogP contribution in [0.1, 0.15) is 32.1 Å². The maximum absolute atomic E-state index is 12.1. The lowest BCUT2D eigenvalue weighted by Crippen LogP contribution is -2.59.